The Kier molecular flexibility index (Phi) is 2.35. The standard InChI is InChI=1S/C9H17NO2/c11-7-8-1-3-9(4-2-8)10-5-6-12-9/h8,10-11H,1-7H2. The maximum Gasteiger partial charge on any atom is 0.119 e. The van der Waals surface area contributed by atoms with Crippen molar-refractivity contribution in [3.8, 4) is 0 Å². The van der Waals surface area contributed by atoms with Crippen LogP contribution in [-0.2, 0) is 4.74 Å². The fourth-order valence-corrected chi connectivity index (χ4v) is 2.22. The normalized spacial score (nSPS) is 42.2. The zero-order valence-corrected chi connectivity index (χ0v) is 7.38. The summed E-state index contributed by atoms with van der Waals surface area (Å²) in [5.74, 6) is 0.515. The molecule has 0 atom stereocenters. The van der Waals surface area contributed by atoms with Gasteiger partial charge in [0, 0.05) is 13.2 Å². The number of hydrogen-bond acceptors (Lipinski definition) is 3. The van der Waals surface area contributed by atoms with Crippen molar-refractivity contribution in [3.05, 3.63) is 0 Å². The minimum absolute atomic E-state index is 0.00826. The second-order valence-electron chi connectivity index (χ2n) is 3.90. The molecule has 2 N–H and O–H groups in total. The Hall–Kier alpha value is -0.120. The van der Waals surface area contributed by atoms with E-state index in [4.69, 9.17) is 9.84 Å². The van der Waals surface area contributed by atoms with Crippen LogP contribution in [-0.4, -0.2) is 30.6 Å². The highest BCUT2D eigenvalue weighted by Crippen LogP contribution is 2.34. The van der Waals surface area contributed by atoms with Crippen molar-refractivity contribution in [3.63, 3.8) is 0 Å². The average molecular weight is 171 g/mol. The molecule has 2 aliphatic rings. The summed E-state index contributed by atoms with van der Waals surface area (Å²) in [5.41, 5.74) is -0.00826. The van der Waals surface area contributed by atoms with Crippen LogP contribution in [0.3, 0.4) is 0 Å². The molecule has 70 valence electrons. The van der Waals surface area contributed by atoms with Crippen molar-refractivity contribution in [2.45, 2.75) is 31.4 Å². The molecule has 1 heterocycles. The predicted octanol–water partition coefficient (Wildman–Crippen LogP) is 0.485. The maximum absolute atomic E-state index is 8.96. The van der Waals surface area contributed by atoms with Gasteiger partial charge in [-0.05, 0) is 31.6 Å². The van der Waals surface area contributed by atoms with E-state index in [2.05, 4.69) is 5.32 Å². The van der Waals surface area contributed by atoms with E-state index in [1.165, 1.54) is 0 Å². The van der Waals surface area contributed by atoms with Gasteiger partial charge in [0.1, 0.15) is 5.72 Å². The summed E-state index contributed by atoms with van der Waals surface area (Å²) in [4.78, 5) is 0. The lowest BCUT2D eigenvalue weighted by Crippen LogP contribution is -2.44. The number of rotatable bonds is 1. The van der Waals surface area contributed by atoms with E-state index in [0.717, 1.165) is 38.8 Å². The number of nitrogens with one attached hydrogen (secondary N) is 1. The van der Waals surface area contributed by atoms with Crippen LogP contribution in [0.25, 0.3) is 0 Å². The molecule has 0 aromatic carbocycles. The molecular formula is C9H17NO2. The highest BCUT2D eigenvalue weighted by molar-refractivity contribution is 4.88. The molecule has 2 fully saturated rings. The van der Waals surface area contributed by atoms with Crippen LogP contribution >= 0.6 is 0 Å². The third-order valence-corrected chi connectivity index (χ3v) is 3.10. The van der Waals surface area contributed by atoms with Gasteiger partial charge in [0.2, 0.25) is 0 Å². The SMILES string of the molecule is OCC1CCC2(CC1)NCCO2. The van der Waals surface area contributed by atoms with E-state index in [1.807, 2.05) is 0 Å². The summed E-state index contributed by atoms with van der Waals surface area (Å²) < 4.78 is 5.68. The molecule has 0 aromatic rings. The topological polar surface area (TPSA) is 41.5 Å². The van der Waals surface area contributed by atoms with Gasteiger partial charge in [-0.2, -0.15) is 0 Å². The fourth-order valence-electron chi connectivity index (χ4n) is 2.22. The van der Waals surface area contributed by atoms with E-state index in [9.17, 15) is 0 Å². The first-order valence-corrected chi connectivity index (χ1v) is 4.84. The van der Waals surface area contributed by atoms with Crippen LogP contribution in [0.1, 0.15) is 25.7 Å². The third-order valence-electron chi connectivity index (χ3n) is 3.10. The molecule has 1 spiro atoms. The van der Waals surface area contributed by atoms with E-state index >= 15 is 0 Å². The molecule has 0 unspecified atom stereocenters. The van der Waals surface area contributed by atoms with Crippen molar-refractivity contribution in [2.75, 3.05) is 19.8 Å². The van der Waals surface area contributed by atoms with Gasteiger partial charge in [-0.15, -0.1) is 0 Å². The highest BCUT2D eigenvalue weighted by atomic mass is 16.5. The van der Waals surface area contributed by atoms with Crippen molar-refractivity contribution in [2.24, 2.45) is 5.92 Å². The van der Waals surface area contributed by atoms with Gasteiger partial charge in [0.25, 0.3) is 0 Å². The van der Waals surface area contributed by atoms with Gasteiger partial charge in [-0.25, -0.2) is 0 Å². The fraction of sp³-hybridized carbons (Fsp3) is 1.00. The minimum atomic E-state index is -0.00826. The smallest absolute Gasteiger partial charge is 0.119 e. The van der Waals surface area contributed by atoms with Crippen molar-refractivity contribution in [1.82, 2.24) is 5.32 Å². The van der Waals surface area contributed by atoms with E-state index in [0.29, 0.717) is 12.5 Å². The van der Waals surface area contributed by atoms with Gasteiger partial charge in [0.05, 0.1) is 6.61 Å². The van der Waals surface area contributed by atoms with Crippen LogP contribution in [0.5, 0.6) is 0 Å². The molecule has 1 aliphatic heterocycles. The van der Waals surface area contributed by atoms with E-state index in [-0.39, 0.29) is 5.72 Å². The Bertz CT molecular complexity index is 145. The number of ether oxygens (including phenoxy) is 1. The van der Waals surface area contributed by atoms with Gasteiger partial charge in [-0.1, -0.05) is 0 Å². The molecule has 0 aromatic heterocycles. The van der Waals surface area contributed by atoms with Crippen LogP contribution in [0, 0.1) is 5.92 Å². The Morgan fingerprint density at radius 2 is 2.17 bits per heavy atom. The Balaban J connectivity index is 1.88. The number of aliphatic hydroxyl groups excluding tert-OH is 1. The molecule has 12 heavy (non-hydrogen) atoms. The molecule has 1 aliphatic carbocycles. The summed E-state index contributed by atoms with van der Waals surface area (Å²) in [7, 11) is 0. The number of aliphatic hydroxyl groups is 1. The molecule has 0 amide bonds. The summed E-state index contributed by atoms with van der Waals surface area (Å²) in [6.45, 7) is 2.18. The van der Waals surface area contributed by atoms with Gasteiger partial charge in [0.15, 0.2) is 0 Å². The zero-order chi connectivity index (χ0) is 8.44. The maximum atomic E-state index is 8.96. The summed E-state index contributed by atoms with van der Waals surface area (Å²) in [6.07, 6.45) is 4.34. The average Bonchev–Trinajstić information content (AvgIpc) is 2.55. The van der Waals surface area contributed by atoms with Crippen LogP contribution in [0.4, 0.5) is 0 Å². The Morgan fingerprint density at radius 3 is 2.67 bits per heavy atom. The van der Waals surface area contributed by atoms with E-state index < -0.39 is 0 Å². The van der Waals surface area contributed by atoms with Gasteiger partial charge >= 0.3 is 0 Å². The summed E-state index contributed by atoms with van der Waals surface area (Å²) >= 11 is 0. The lowest BCUT2D eigenvalue weighted by molar-refractivity contribution is -0.0528. The van der Waals surface area contributed by atoms with Crippen LogP contribution < -0.4 is 5.32 Å². The summed E-state index contributed by atoms with van der Waals surface area (Å²) in [6, 6.07) is 0. The monoisotopic (exact) mass is 171 g/mol. The molecular weight excluding hydrogens is 154 g/mol. The van der Waals surface area contributed by atoms with Crippen LogP contribution in [0.15, 0.2) is 0 Å². The molecule has 3 nitrogen and oxygen atoms in total. The quantitative estimate of drug-likeness (QED) is 0.603. The first-order valence-electron chi connectivity index (χ1n) is 4.84. The van der Waals surface area contributed by atoms with Crippen molar-refractivity contribution in [1.29, 1.82) is 0 Å². The predicted molar refractivity (Wildman–Crippen MR) is 45.7 cm³/mol. The van der Waals surface area contributed by atoms with Crippen molar-refractivity contribution < 1.29 is 9.84 Å². The zero-order valence-electron chi connectivity index (χ0n) is 7.38. The van der Waals surface area contributed by atoms with Gasteiger partial charge < -0.3 is 9.84 Å². The molecule has 0 radical (unpaired) electrons. The summed E-state index contributed by atoms with van der Waals surface area (Å²) in [5, 5.41) is 12.4. The lowest BCUT2D eigenvalue weighted by Gasteiger charge is -2.35. The minimum Gasteiger partial charge on any atom is -0.396 e. The molecule has 2 rings (SSSR count). The Morgan fingerprint density at radius 1 is 1.42 bits per heavy atom. The third kappa shape index (κ3) is 1.49. The van der Waals surface area contributed by atoms with E-state index in [1.54, 1.807) is 0 Å². The first-order chi connectivity index (χ1) is 5.85. The molecule has 1 saturated heterocycles. The second-order valence-corrected chi connectivity index (χ2v) is 3.90. The first kappa shape index (κ1) is 8.48. The lowest BCUT2D eigenvalue weighted by atomic mass is 9.84. The largest absolute Gasteiger partial charge is 0.396 e. The van der Waals surface area contributed by atoms with Gasteiger partial charge in [-0.3, -0.25) is 5.32 Å². The highest BCUT2D eigenvalue weighted by Gasteiger charge is 2.38. The van der Waals surface area contributed by atoms with Crippen LogP contribution in [0.2, 0.25) is 0 Å². The second kappa shape index (κ2) is 3.32. The molecule has 0 bridgehead atoms. The van der Waals surface area contributed by atoms with Crippen molar-refractivity contribution >= 4 is 0 Å². The number of hydrogen-bond donors (Lipinski definition) is 2. The Labute approximate surface area is 73.1 Å². The molecule has 3 heteroatoms. The molecule has 1 saturated carbocycles.